The summed E-state index contributed by atoms with van der Waals surface area (Å²) in [6, 6.07) is -0.131. The van der Waals surface area contributed by atoms with Gasteiger partial charge in [-0.2, -0.15) is 0 Å². The number of allylic oxidation sites excluding steroid dienone is 1. The van der Waals surface area contributed by atoms with E-state index in [1.54, 1.807) is 6.08 Å². The van der Waals surface area contributed by atoms with Gasteiger partial charge in [0.05, 0.1) is 5.75 Å². The summed E-state index contributed by atoms with van der Waals surface area (Å²) in [5.41, 5.74) is 5.71. The van der Waals surface area contributed by atoms with Crippen molar-refractivity contribution in [3.63, 3.8) is 0 Å². The highest BCUT2D eigenvalue weighted by atomic mass is 35.5. The number of hydrogen-bond donors (Lipinski definition) is 2. The third-order valence-corrected chi connectivity index (χ3v) is 3.37. The molecule has 0 aliphatic rings. The molecule has 0 aromatic rings. The third-order valence-electron chi connectivity index (χ3n) is 1.99. The number of nitrogens with two attached hydrogens (primary N) is 1. The summed E-state index contributed by atoms with van der Waals surface area (Å²) in [5.74, 6) is 0.360. The first-order valence-electron chi connectivity index (χ1n) is 4.73. The largest absolute Gasteiger partial charge is 0.326 e. The molecule has 4 nitrogen and oxygen atoms in total. The van der Waals surface area contributed by atoms with E-state index >= 15 is 0 Å². The van der Waals surface area contributed by atoms with Crippen LogP contribution in [0.2, 0.25) is 0 Å². The first-order valence-corrected chi connectivity index (χ1v) is 6.38. The van der Waals surface area contributed by atoms with Crippen LogP contribution in [0, 0.1) is 5.92 Å². The van der Waals surface area contributed by atoms with Gasteiger partial charge in [-0.25, -0.2) is 13.1 Å². The molecule has 0 saturated heterocycles. The highest BCUT2D eigenvalue weighted by Crippen LogP contribution is 1.98. The van der Waals surface area contributed by atoms with Crippen LogP contribution in [-0.4, -0.2) is 26.8 Å². The number of sulfonamides is 1. The molecule has 0 spiro atoms. The van der Waals surface area contributed by atoms with Gasteiger partial charge >= 0.3 is 0 Å². The molecule has 0 heterocycles. The fourth-order valence-electron chi connectivity index (χ4n) is 0.770. The Bertz CT molecular complexity index is 265. The summed E-state index contributed by atoms with van der Waals surface area (Å²) in [6.07, 6.45) is 2.05. The average molecular weight is 257 g/mol. The Morgan fingerprint density at radius 1 is 1.47 bits per heavy atom. The zero-order valence-electron chi connectivity index (χ0n) is 9.27. The number of halogens is 1. The van der Waals surface area contributed by atoms with Crippen molar-refractivity contribution < 1.29 is 8.42 Å². The lowest BCUT2D eigenvalue weighted by atomic mass is 10.1. The van der Waals surface area contributed by atoms with E-state index in [9.17, 15) is 8.42 Å². The predicted molar refractivity (Wildman–Crippen MR) is 66.7 cm³/mol. The minimum absolute atomic E-state index is 0. The molecule has 92 valence electrons. The summed E-state index contributed by atoms with van der Waals surface area (Å²) in [6.45, 7) is 7.70. The van der Waals surface area contributed by atoms with Gasteiger partial charge in [-0.3, -0.25) is 0 Å². The van der Waals surface area contributed by atoms with Crippen LogP contribution in [0.5, 0.6) is 0 Å². The maximum Gasteiger partial charge on any atom is 0.211 e. The lowest BCUT2D eigenvalue weighted by Gasteiger charge is -2.15. The Kier molecular flexibility index (Phi) is 9.34. The molecule has 0 bridgehead atoms. The molecule has 6 heteroatoms. The molecule has 3 N–H and O–H groups in total. The monoisotopic (exact) mass is 256 g/mol. The molecule has 0 rings (SSSR count). The first kappa shape index (κ1) is 17.3. The summed E-state index contributed by atoms with van der Waals surface area (Å²) < 4.78 is 25.1. The maximum absolute atomic E-state index is 11.3. The molecular formula is C9H21ClN2O2S. The van der Waals surface area contributed by atoms with Gasteiger partial charge in [0.25, 0.3) is 0 Å². The molecule has 0 aliphatic heterocycles. The predicted octanol–water partition coefficient (Wildman–Crippen LogP) is 0.887. The van der Waals surface area contributed by atoms with E-state index in [0.717, 1.165) is 0 Å². The van der Waals surface area contributed by atoms with Crippen molar-refractivity contribution in [1.82, 2.24) is 4.72 Å². The van der Waals surface area contributed by atoms with Crippen molar-refractivity contribution in [2.45, 2.75) is 26.3 Å². The highest BCUT2D eigenvalue weighted by molar-refractivity contribution is 7.89. The second-order valence-corrected chi connectivity index (χ2v) is 5.58. The van der Waals surface area contributed by atoms with Crippen LogP contribution in [-0.2, 0) is 10.0 Å². The molecule has 15 heavy (non-hydrogen) atoms. The Hall–Kier alpha value is -0.100. The van der Waals surface area contributed by atoms with Crippen molar-refractivity contribution in [3.8, 4) is 0 Å². The number of hydrogen-bond acceptors (Lipinski definition) is 3. The quantitative estimate of drug-likeness (QED) is 0.665. The van der Waals surface area contributed by atoms with Gasteiger partial charge < -0.3 is 5.73 Å². The van der Waals surface area contributed by atoms with Crippen molar-refractivity contribution in [2.75, 3.05) is 12.3 Å². The molecular weight excluding hydrogens is 236 g/mol. The first-order chi connectivity index (χ1) is 6.39. The molecule has 0 aromatic heterocycles. The van der Waals surface area contributed by atoms with Gasteiger partial charge in [-0.1, -0.05) is 19.9 Å². The van der Waals surface area contributed by atoms with Gasteiger partial charge in [-0.05, 0) is 12.3 Å². The van der Waals surface area contributed by atoms with E-state index in [2.05, 4.69) is 11.3 Å². The van der Waals surface area contributed by atoms with Crippen LogP contribution in [0.3, 0.4) is 0 Å². The fourth-order valence-corrected chi connectivity index (χ4v) is 1.84. The summed E-state index contributed by atoms with van der Waals surface area (Å²) >= 11 is 0. The molecule has 0 aliphatic carbocycles. The third kappa shape index (κ3) is 8.87. The normalized spacial score (nSPS) is 13.3. The van der Waals surface area contributed by atoms with E-state index in [1.165, 1.54) is 0 Å². The van der Waals surface area contributed by atoms with Crippen molar-refractivity contribution in [1.29, 1.82) is 0 Å². The van der Waals surface area contributed by atoms with Gasteiger partial charge in [0.1, 0.15) is 0 Å². The van der Waals surface area contributed by atoms with Crippen LogP contribution in [0.15, 0.2) is 12.7 Å². The highest BCUT2D eigenvalue weighted by Gasteiger charge is 2.13. The van der Waals surface area contributed by atoms with Crippen LogP contribution >= 0.6 is 12.4 Å². The maximum atomic E-state index is 11.3. The van der Waals surface area contributed by atoms with E-state index in [0.29, 0.717) is 13.0 Å². The zero-order chi connectivity index (χ0) is 11.2. The standard InChI is InChI=1S/C9H20N2O2S.ClH/c1-4-5-6-14(12,13)11-7-9(10)8(2)3;/h4,8-9,11H,1,5-7,10H2,2-3H3;1H. The Labute approximate surface area is 98.8 Å². The number of rotatable bonds is 7. The minimum atomic E-state index is -3.17. The van der Waals surface area contributed by atoms with Crippen molar-refractivity contribution in [2.24, 2.45) is 11.7 Å². The van der Waals surface area contributed by atoms with E-state index in [1.807, 2.05) is 13.8 Å². The summed E-state index contributed by atoms with van der Waals surface area (Å²) in [4.78, 5) is 0. The van der Waals surface area contributed by atoms with Gasteiger partial charge in [-0.15, -0.1) is 19.0 Å². The Balaban J connectivity index is 0. The molecule has 0 radical (unpaired) electrons. The zero-order valence-corrected chi connectivity index (χ0v) is 10.9. The Morgan fingerprint density at radius 3 is 2.40 bits per heavy atom. The van der Waals surface area contributed by atoms with E-state index in [-0.39, 0.29) is 30.1 Å². The molecule has 0 saturated carbocycles. The smallest absolute Gasteiger partial charge is 0.211 e. The van der Waals surface area contributed by atoms with Gasteiger partial charge in [0.2, 0.25) is 10.0 Å². The Morgan fingerprint density at radius 2 is 2.00 bits per heavy atom. The molecule has 0 fully saturated rings. The van der Waals surface area contributed by atoms with E-state index in [4.69, 9.17) is 5.73 Å². The van der Waals surface area contributed by atoms with Crippen LogP contribution in [0.1, 0.15) is 20.3 Å². The lowest BCUT2D eigenvalue weighted by Crippen LogP contribution is -2.41. The summed E-state index contributed by atoms with van der Waals surface area (Å²) in [7, 11) is -3.17. The topological polar surface area (TPSA) is 72.2 Å². The van der Waals surface area contributed by atoms with Gasteiger partial charge in [0, 0.05) is 12.6 Å². The van der Waals surface area contributed by atoms with Crippen molar-refractivity contribution in [3.05, 3.63) is 12.7 Å². The molecule has 0 amide bonds. The molecule has 1 atom stereocenters. The fraction of sp³-hybridized carbons (Fsp3) is 0.778. The van der Waals surface area contributed by atoms with Gasteiger partial charge in [0.15, 0.2) is 0 Å². The average Bonchev–Trinajstić information content (AvgIpc) is 2.11. The molecule has 1 unspecified atom stereocenters. The summed E-state index contributed by atoms with van der Waals surface area (Å²) in [5, 5.41) is 0. The van der Waals surface area contributed by atoms with Crippen LogP contribution < -0.4 is 10.5 Å². The van der Waals surface area contributed by atoms with Crippen LogP contribution in [0.25, 0.3) is 0 Å². The second kappa shape index (κ2) is 8.10. The lowest BCUT2D eigenvalue weighted by molar-refractivity contribution is 0.481. The van der Waals surface area contributed by atoms with E-state index < -0.39 is 10.0 Å². The minimum Gasteiger partial charge on any atom is -0.326 e. The van der Waals surface area contributed by atoms with Crippen molar-refractivity contribution >= 4 is 22.4 Å². The molecule has 0 aromatic carbocycles. The SMILES string of the molecule is C=CCCS(=O)(=O)NCC(N)C(C)C.Cl. The number of nitrogens with one attached hydrogen (secondary N) is 1. The second-order valence-electron chi connectivity index (χ2n) is 3.65. The van der Waals surface area contributed by atoms with Crippen LogP contribution in [0.4, 0.5) is 0 Å².